The number of aromatic nitrogens is 3. The number of anilines is 1. The van der Waals surface area contributed by atoms with Crippen LogP contribution in [0, 0.1) is 6.92 Å². The number of rotatable bonds is 4. The molecule has 0 spiro atoms. The number of aryl methyl sites for hydroxylation is 1. The van der Waals surface area contributed by atoms with Gasteiger partial charge in [0.25, 0.3) is 5.91 Å². The Balaban J connectivity index is 1.82. The van der Waals surface area contributed by atoms with Crippen LogP contribution in [-0.4, -0.2) is 51.2 Å². The van der Waals surface area contributed by atoms with Gasteiger partial charge >= 0.3 is 0 Å². The maximum atomic E-state index is 13.1. The summed E-state index contributed by atoms with van der Waals surface area (Å²) in [6.07, 6.45) is 1.12. The van der Waals surface area contributed by atoms with Gasteiger partial charge in [0.05, 0.1) is 18.2 Å². The molecule has 2 aromatic heterocycles. The summed E-state index contributed by atoms with van der Waals surface area (Å²) in [6, 6.07) is 3.73. The Labute approximate surface area is 146 Å². The quantitative estimate of drug-likeness (QED) is 0.908. The van der Waals surface area contributed by atoms with Crippen molar-refractivity contribution >= 4 is 11.7 Å². The van der Waals surface area contributed by atoms with Crippen LogP contribution in [0.1, 0.15) is 49.0 Å². The fraction of sp³-hybridized carbons (Fsp3) is 0.529. The minimum absolute atomic E-state index is 0.0902. The third-order valence-electron chi connectivity index (χ3n) is 3.83. The number of carbonyl (C=O) groups excluding carboxylic acids is 1. The fourth-order valence-electron chi connectivity index (χ4n) is 2.83. The molecule has 1 amide bonds. The topological polar surface area (TPSA) is 93.4 Å². The van der Waals surface area contributed by atoms with Gasteiger partial charge in [0.1, 0.15) is 5.82 Å². The standard InChI is InChI=1S/C17H23N5O3/c1-10(2)19-15-13(6-5-7-18-15)17(23)22-8-11(3)24-14(9-22)16-21-20-12(4)25-16/h5-7,10-11,14H,8-9H2,1-4H3,(H,18,19)/t11-,14-/m1/s1. The highest BCUT2D eigenvalue weighted by Crippen LogP contribution is 2.26. The molecule has 3 rings (SSSR count). The van der Waals surface area contributed by atoms with Gasteiger partial charge in [-0.15, -0.1) is 10.2 Å². The summed E-state index contributed by atoms with van der Waals surface area (Å²) in [5.41, 5.74) is 0.547. The van der Waals surface area contributed by atoms with E-state index in [1.54, 1.807) is 30.2 Å². The van der Waals surface area contributed by atoms with Crippen LogP contribution in [-0.2, 0) is 4.74 Å². The molecule has 3 heterocycles. The first-order chi connectivity index (χ1) is 11.9. The van der Waals surface area contributed by atoms with Crippen LogP contribution in [0.4, 0.5) is 5.82 Å². The second-order valence-corrected chi connectivity index (χ2v) is 6.50. The fourth-order valence-corrected chi connectivity index (χ4v) is 2.83. The second kappa shape index (κ2) is 7.18. The van der Waals surface area contributed by atoms with Crippen molar-refractivity contribution in [1.29, 1.82) is 0 Å². The summed E-state index contributed by atoms with van der Waals surface area (Å²) >= 11 is 0. The van der Waals surface area contributed by atoms with E-state index in [1.807, 2.05) is 20.8 Å². The van der Waals surface area contributed by atoms with E-state index in [2.05, 4.69) is 20.5 Å². The van der Waals surface area contributed by atoms with E-state index in [0.29, 0.717) is 36.3 Å². The summed E-state index contributed by atoms with van der Waals surface area (Å²) in [5.74, 6) is 1.37. The van der Waals surface area contributed by atoms with Crippen molar-refractivity contribution in [1.82, 2.24) is 20.1 Å². The van der Waals surface area contributed by atoms with Gasteiger partial charge in [0, 0.05) is 25.7 Å². The zero-order chi connectivity index (χ0) is 18.0. The Morgan fingerprint density at radius 1 is 1.36 bits per heavy atom. The smallest absolute Gasteiger partial charge is 0.257 e. The molecule has 2 atom stereocenters. The van der Waals surface area contributed by atoms with E-state index >= 15 is 0 Å². The summed E-state index contributed by atoms with van der Waals surface area (Å²) in [7, 11) is 0. The highest BCUT2D eigenvalue weighted by atomic mass is 16.5. The number of pyridine rings is 1. The van der Waals surface area contributed by atoms with Crippen LogP contribution < -0.4 is 5.32 Å². The molecule has 0 aliphatic carbocycles. The van der Waals surface area contributed by atoms with Gasteiger partial charge in [-0.3, -0.25) is 4.79 Å². The highest BCUT2D eigenvalue weighted by molar-refractivity contribution is 5.98. The minimum Gasteiger partial charge on any atom is -0.423 e. The summed E-state index contributed by atoms with van der Waals surface area (Å²) in [5, 5.41) is 11.1. The molecular weight excluding hydrogens is 322 g/mol. The molecule has 1 N–H and O–H groups in total. The predicted molar refractivity (Wildman–Crippen MR) is 91.2 cm³/mol. The molecule has 25 heavy (non-hydrogen) atoms. The molecule has 2 aromatic rings. The van der Waals surface area contributed by atoms with Crippen LogP contribution in [0.25, 0.3) is 0 Å². The molecule has 0 saturated carbocycles. The van der Waals surface area contributed by atoms with Gasteiger partial charge in [-0.05, 0) is 32.9 Å². The van der Waals surface area contributed by atoms with Crippen molar-refractivity contribution < 1.29 is 13.9 Å². The summed E-state index contributed by atoms with van der Waals surface area (Å²) in [6.45, 7) is 8.53. The van der Waals surface area contributed by atoms with Gasteiger partial charge in [0.15, 0.2) is 6.10 Å². The lowest BCUT2D eigenvalue weighted by Gasteiger charge is -2.35. The van der Waals surface area contributed by atoms with Crippen molar-refractivity contribution in [2.45, 2.75) is 45.9 Å². The van der Waals surface area contributed by atoms with Gasteiger partial charge in [0.2, 0.25) is 11.8 Å². The lowest BCUT2D eigenvalue weighted by molar-refractivity contribution is -0.0796. The number of nitrogens with zero attached hydrogens (tertiary/aromatic N) is 4. The third-order valence-corrected chi connectivity index (χ3v) is 3.83. The molecule has 1 aliphatic heterocycles. The molecule has 1 saturated heterocycles. The Hall–Kier alpha value is -2.48. The molecular formula is C17H23N5O3. The third kappa shape index (κ3) is 3.96. The average Bonchev–Trinajstić information content (AvgIpc) is 3.00. The average molecular weight is 345 g/mol. The molecule has 1 aliphatic rings. The first kappa shape index (κ1) is 17.3. The number of nitrogens with one attached hydrogen (secondary N) is 1. The lowest BCUT2D eigenvalue weighted by Crippen LogP contribution is -2.46. The predicted octanol–water partition coefficient (Wildman–Crippen LogP) is 2.20. The first-order valence-electron chi connectivity index (χ1n) is 8.40. The van der Waals surface area contributed by atoms with Crippen molar-refractivity contribution in [3.63, 3.8) is 0 Å². The van der Waals surface area contributed by atoms with Gasteiger partial charge in [-0.25, -0.2) is 4.98 Å². The van der Waals surface area contributed by atoms with Crippen LogP contribution >= 0.6 is 0 Å². The van der Waals surface area contributed by atoms with Crippen LogP contribution in [0.15, 0.2) is 22.7 Å². The van der Waals surface area contributed by atoms with Crippen LogP contribution in [0.5, 0.6) is 0 Å². The number of hydrogen-bond donors (Lipinski definition) is 1. The van der Waals surface area contributed by atoms with E-state index in [-0.39, 0.29) is 18.1 Å². The first-order valence-corrected chi connectivity index (χ1v) is 8.40. The van der Waals surface area contributed by atoms with Crippen LogP contribution in [0.3, 0.4) is 0 Å². The van der Waals surface area contributed by atoms with E-state index in [0.717, 1.165) is 0 Å². The van der Waals surface area contributed by atoms with Gasteiger partial charge < -0.3 is 19.4 Å². The number of hydrogen-bond acceptors (Lipinski definition) is 7. The van der Waals surface area contributed by atoms with Crippen molar-refractivity contribution in [2.24, 2.45) is 0 Å². The molecule has 0 radical (unpaired) electrons. The lowest BCUT2D eigenvalue weighted by atomic mass is 10.1. The molecule has 1 fully saturated rings. The monoisotopic (exact) mass is 345 g/mol. The molecule has 8 heteroatoms. The zero-order valence-electron chi connectivity index (χ0n) is 14.9. The molecule has 0 unspecified atom stereocenters. The highest BCUT2D eigenvalue weighted by Gasteiger charge is 2.33. The Bertz CT molecular complexity index is 745. The molecule has 0 bridgehead atoms. The van der Waals surface area contributed by atoms with E-state index in [9.17, 15) is 4.79 Å². The number of amides is 1. The second-order valence-electron chi connectivity index (χ2n) is 6.50. The normalized spacial score (nSPS) is 20.8. The Morgan fingerprint density at radius 2 is 2.16 bits per heavy atom. The van der Waals surface area contributed by atoms with Gasteiger partial charge in [-0.2, -0.15) is 0 Å². The zero-order valence-corrected chi connectivity index (χ0v) is 14.9. The maximum Gasteiger partial charge on any atom is 0.257 e. The molecule has 134 valence electrons. The molecule has 8 nitrogen and oxygen atoms in total. The van der Waals surface area contributed by atoms with Crippen LogP contribution in [0.2, 0.25) is 0 Å². The van der Waals surface area contributed by atoms with E-state index < -0.39 is 6.10 Å². The minimum atomic E-state index is -0.424. The van der Waals surface area contributed by atoms with Crippen molar-refractivity contribution in [2.75, 3.05) is 18.4 Å². The van der Waals surface area contributed by atoms with Crippen molar-refractivity contribution in [3.8, 4) is 0 Å². The molecule has 0 aromatic carbocycles. The van der Waals surface area contributed by atoms with Gasteiger partial charge in [-0.1, -0.05) is 0 Å². The van der Waals surface area contributed by atoms with E-state index in [1.165, 1.54) is 0 Å². The Kier molecular flexibility index (Phi) is 4.98. The van der Waals surface area contributed by atoms with E-state index in [4.69, 9.17) is 9.15 Å². The van der Waals surface area contributed by atoms with Crippen molar-refractivity contribution in [3.05, 3.63) is 35.7 Å². The number of ether oxygens (including phenoxy) is 1. The maximum absolute atomic E-state index is 13.1. The summed E-state index contributed by atoms with van der Waals surface area (Å²) in [4.78, 5) is 19.1. The number of morpholine rings is 1. The SMILES string of the molecule is Cc1nnc([C@H]2CN(C(=O)c3cccnc3NC(C)C)C[C@@H](C)O2)o1. The summed E-state index contributed by atoms with van der Waals surface area (Å²) < 4.78 is 11.3. The largest absolute Gasteiger partial charge is 0.423 e. The number of carbonyl (C=O) groups is 1. The Morgan fingerprint density at radius 3 is 2.84 bits per heavy atom.